The standard InChI is InChI=1S/C11H17N3O4S2/c1-3-4-14(5-6-15)10(16)7-9-8-19-11(12-9)13-20(2,17)18/h3,8,15H,1,4-7H2,2H3,(H,12,13). The molecule has 0 spiro atoms. The third-order valence-electron chi connectivity index (χ3n) is 2.23. The lowest BCUT2D eigenvalue weighted by Gasteiger charge is -2.19. The van der Waals surface area contributed by atoms with Crippen LogP contribution in [-0.2, 0) is 21.2 Å². The summed E-state index contributed by atoms with van der Waals surface area (Å²) in [6, 6.07) is 0. The SMILES string of the molecule is C=CCN(CCO)C(=O)Cc1csc(NS(C)(=O)=O)n1. The highest BCUT2D eigenvalue weighted by Crippen LogP contribution is 2.17. The molecule has 1 aromatic heterocycles. The summed E-state index contributed by atoms with van der Waals surface area (Å²) in [6.45, 7) is 3.99. The highest BCUT2D eigenvalue weighted by Gasteiger charge is 2.15. The fraction of sp³-hybridized carbons (Fsp3) is 0.455. The Hall–Kier alpha value is -1.45. The Kier molecular flexibility index (Phi) is 6.11. The van der Waals surface area contributed by atoms with Crippen molar-refractivity contribution in [3.05, 3.63) is 23.7 Å². The summed E-state index contributed by atoms with van der Waals surface area (Å²) in [6.07, 6.45) is 2.66. The number of rotatable bonds is 8. The van der Waals surface area contributed by atoms with Crippen molar-refractivity contribution in [1.82, 2.24) is 9.88 Å². The number of aliphatic hydroxyl groups is 1. The van der Waals surface area contributed by atoms with E-state index in [9.17, 15) is 13.2 Å². The molecule has 0 saturated carbocycles. The second kappa shape index (κ2) is 7.36. The Morgan fingerprint density at radius 1 is 1.65 bits per heavy atom. The zero-order chi connectivity index (χ0) is 15.2. The monoisotopic (exact) mass is 319 g/mol. The summed E-state index contributed by atoms with van der Waals surface area (Å²) in [7, 11) is -3.37. The minimum absolute atomic E-state index is 0.0514. The van der Waals surface area contributed by atoms with Gasteiger partial charge in [0.25, 0.3) is 0 Å². The van der Waals surface area contributed by atoms with Crippen molar-refractivity contribution in [3.63, 3.8) is 0 Å². The fourth-order valence-corrected chi connectivity index (χ4v) is 3.02. The molecule has 0 radical (unpaired) electrons. The molecule has 2 N–H and O–H groups in total. The highest BCUT2D eigenvalue weighted by molar-refractivity contribution is 7.92. The summed E-state index contributed by atoms with van der Waals surface area (Å²) >= 11 is 1.12. The van der Waals surface area contributed by atoms with E-state index in [1.54, 1.807) is 11.5 Å². The molecule has 7 nitrogen and oxygen atoms in total. The Morgan fingerprint density at radius 2 is 2.35 bits per heavy atom. The first-order valence-corrected chi connectivity index (χ1v) is 8.54. The van der Waals surface area contributed by atoms with E-state index >= 15 is 0 Å². The molecule has 0 atom stereocenters. The van der Waals surface area contributed by atoms with E-state index < -0.39 is 10.0 Å². The normalized spacial score (nSPS) is 11.1. The molecule has 0 saturated heterocycles. The Labute approximate surface area is 122 Å². The zero-order valence-electron chi connectivity index (χ0n) is 11.1. The number of hydrogen-bond acceptors (Lipinski definition) is 6. The summed E-state index contributed by atoms with van der Waals surface area (Å²) < 4.78 is 24.4. The largest absolute Gasteiger partial charge is 0.395 e. The van der Waals surface area contributed by atoms with Crippen LogP contribution in [0.2, 0.25) is 0 Å². The summed E-state index contributed by atoms with van der Waals surface area (Å²) in [5.74, 6) is -0.199. The van der Waals surface area contributed by atoms with Crippen molar-refractivity contribution in [2.45, 2.75) is 6.42 Å². The molecule has 112 valence electrons. The van der Waals surface area contributed by atoms with Crippen molar-refractivity contribution < 1.29 is 18.3 Å². The fourth-order valence-electron chi connectivity index (χ4n) is 1.45. The average Bonchev–Trinajstić information content (AvgIpc) is 2.73. The molecule has 0 aliphatic rings. The van der Waals surface area contributed by atoms with Gasteiger partial charge in [0.15, 0.2) is 5.13 Å². The first kappa shape index (κ1) is 16.6. The van der Waals surface area contributed by atoms with E-state index in [0.717, 1.165) is 17.6 Å². The number of aliphatic hydroxyl groups excluding tert-OH is 1. The van der Waals surface area contributed by atoms with Crippen LogP contribution in [0.15, 0.2) is 18.0 Å². The third kappa shape index (κ3) is 5.68. The van der Waals surface area contributed by atoms with Crippen molar-refractivity contribution in [3.8, 4) is 0 Å². The van der Waals surface area contributed by atoms with Crippen LogP contribution in [0.3, 0.4) is 0 Å². The van der Waals surface area contributed by atoms with Gasteiger partial charge >= 0.3 is 0 Å². The van der Waals surface area contributed by atoms with Gasteiger partial charge in [0.2, 0.25) is 15.9 Å². The highest BCUT2D eigenvalue weighted by atomic mass is 32.2. The zero-order valence-corrected chi connectivity index (χ0v) is 12.7. The van der Waals surface area contributed by atoms with E-state index in [4.69, 9.17) is 5.11 Å². The van der Waals surface area contributed by atoms with Gasteiger partial charge in [-0.25, -0.2) is 13.4 Å². The van der Waals surface area contributed by atoms with Crippen LogP contribution in [0.25, 0.3) is 0 Å². The average molecular weight is 319 g/mol. The van der Waals surface area contributed by atoms with Crippen LogP contribution in [0.5, 0.6) is 0 Å². The van der Waals surface area contributed by atoms with Crippen LogP contribution in [0.1, 0.15) is 5.69 Å². The van der Waals surface area contributed by atoms with Gasteiger partial charge in [-0.05, 0) is 0 Å². The van der Waals surface area contributed by atoms with Gasteiger partial charge in [-0.15, -0.1) is 17.9 Å². The van der Waals surface area contributed by atoms with E-state index in [1.165, 1.54) is 4.90 Å². The van der Waals surface area contributed by atoms with Gasteiger partial charge in [-0.2, -0.15) is 0 Å². The van der Waals surface area contributed by atoms with Crippen molar-refractivity contribution in [2.75, 3.05) is 30.7 Å². The minimum atomic E-state index is -3.37. The minimum Gasteiger partial charge on any atom is -0.395 e. The first-order valence-electron chi connectivity index (χ1n) is 5.77. The molecule has 0 unspecified atom stereocenters. The predicted molar refractivity (Wildman–Crippen MR) is 78.1 cm³/mol. The van der Waals surface area contributed by atoms with Crippen LogP contribution in [0.4, 0.5) is 5.13 Å². The van der Waals surface area contributed by atoms with E-state index in [0.29, 0.717) is 12.2 Å². The summed E-state index contributed by atoms with van der Waals surface area (Å²) in [5, 5.41) is 10.7. The van der Waals surface area contributed by atoms with Gasteiger partial charge in [-0.1, -0.05) is 6.08 Å². The molecule has 1 rings (SSSR count). The Bertz CT molecular complexity index is 568. The van der Waals surface area contributed by atoms with Gasteiger partial charge in [-0.3, -0.25) is 9.52 Å². The topological polar surface area (TPSA) is 99.6 Å². The molecule has 0 fully saturated rings. The molecule has 9 heteroatoms. The Balaban J connectivity index is 2.68. The number of nitrogens with one attached hydrogen (secondary N) is 1. The molecule has 1 heterocycles. The quantitative estimate of drug-likeness (QED) is 0.660. The molecule has 1 aromatic rings. The van der Waals surface area contributed by atoms with Gasteiger partial charge in [0.1, 0.15) is 0 Å². The smallest absolute Gasteiger partial charge is 0.231 e. The number of aromatic nitrogens is 1. The molecular weight excluding hydrogens is 302 g/mol. The first-order chi connectivity index (χ1) is 9.35. The number of hydrogen-bond donors (Lipinski definition) is 2. The molecule has 0 aliphatic heterocycles. The molecule has 20 heavy (non-hydrogen) atoms. The van der Waals surface area contributed by atoms with Crippen molar-refractivity contribution >= 4 is 32.4 Å². The number of sulfonamides is 1. The predicted octanol–water partition coefficient (Wildman–Crippen LogP) is 0.0640. The van der Waals surface area contributed by atoms with E-state index in [1.807, 2.05) is 0 Å². The lowest BCUT2D eigenvalue weighted by Crippen LogP contribution is -2.34. The number of carbonyl (C=O) groups excluding carboxylic acids is 1. The van der Waals surface area contributed by atoms with Gasteiger partial charge in [0.05, 0.1) is 25.0 Å². The lowest BCUT2D eigenvalue weighted by atomic mass is 10.3. The molecular formula is C11H17N3O4S2. The maximum absolute atomic E-state index is 12.0. The number of anilines is 1. The van der Waals surface area contributed by atoms with E-state index in [-0.39, 0.29) is 30.6 Å². The van der Waals surface area contributed by atoms with Gasteiger partial charge in [0, 0.05) is 18.5 Å². The third-order valence-corrected chi connectivity index (χ3v) is 3.73. The number of carbonyl (C=O) groups is 1. The van der Waals surface area contributed by atoms with Crippen LogP contribution in [-0.4, -0.2) is 55.3 Å². The van der Waals surface area contributed by atoms with Gasteiger partial charge < -0.3 is 10.0 Å². The molecule has 0 aromatic carbocycles. The summed E-state index contributed by atoms with van der Waals surface area (Å²) in [4.78, 5) is 17.5. The second-order valence-corrected chi connectivity index (χ2v) is 6.65. The lowest BCUT2D eigenvalue weighted by molar-refractivity contribution is -0.130. The number of thiazole rings is 1. The molecule has 1 amide bonds. The summed E-state index contributed by atoms with van der Waals surface area (Å²) in [5.41, 5.74) is 0.484. The molecule has 0 bridgehead atoms. The van der Waals surface area contributed by atoms with Crippen molar-refractivity contribution in [2.24, 2.45) is 0 Å². The molecule has 0 aliphatic carbocycles. The van der Waals surface area contributed by atoms with Crippen molar-refractivity contribution in [1.29, 1.82) is 0 Å². The number of nitrogens with zero attached hydrogens (tertiary/aromatic N) is 2. The Morgan fingerprint density at radius 3 is 2.90 bits per heavy atom. The second-order valence-electron chi connectivity index (χ2n) is 4.05. The van der Waals surface area contributed by atoms with Crippen LogP contribution in [0, 0.1) is 0 Å². The van der Waals surface area contributed by atoms with Crippen LogP contribution >= 0.6 is 11.3 Å². The maximum Gasteiger partial charge on any atom is 0.231 e. The maximum atomic E-state index is 12.0. The number of amides is 1. The van der Waals surface area contributed by atoms with Crippen LogP contribution < -0.4 is 4.72 Å². The van der Waals surface area contributed by atoms with E-state index in [2.05, 4.69) is 16.3 Å².